The molecule has 2 rings (SSSR count). The van der Waals surface area contributed by atoms with E-state index < -0.39 is 58.4 Å². The Morgan fingerprint density at radius 2 is 1.81 bits per heavy atom. The summed E-state index contributed by atoms with van der Waals surface area (Å²) in [5.74, 6) is -1.63. The molecule has 2 atom stereocenters. The molecule has 0 saturated carbocycles. The number of esters is 2. The van der Waals surface area contributed by atoms with E-state index in [0.717, 1.165) is 0 Å². The topological polar surface area (TPSA) is 158 Å². The second kappa shape index (κ2) is 9.78. The van der Waals surface area contributed by atoms with Crippen LogP contribution in [0.4, 0.5) is 4.79 Å². The fourth-order valence-corrected chi connectivity index (χ4v) is 3.63. The Bertz CT molecular complexity index is 823. The SMILES string of the molecule is CC(=O)OCNC(=O)C1CCC2CN1C(=O)N2OS(=O)(=O)OCCOC(=O)C(C)(C)C. The molecule has 0 spiro atoms. The van der Waals surface area contributed by atoms with E-state index in [4.69, 9.17) is 9.02 Å². The van der Waals surface area contributed by atoms with Gasteiger partial charge in [0.2, 0.25) is 5.91 Å². The number of hydroxylamine groups is 2. The standard InChI is InChI=1S/C17H27N3O10S/c1-11(21)28-10-18-14(22)13-6-5-12-9-19(13)16(24)20(12)30-31(25,26)29-8-7-27-15(23)17(2,3)4/h12-13H,5-10H2,1-4H3,(H,18,22). The quantitative estimate of drug-likeness (QED) is 0.272. The summed E-state index contributed by atoms with van der Waals surface area (Å²) in [4.78, 5) is 48.4. The van der Waals surface area contributed by atoms with Crippen molar-refractivity contribution in [2.75, 3.05) is 26.5 Å². The second-order valence-electron chi connectivity index (χ2n) is 8.02. The van der Waals surface area contributed by atoms with Crippen molar-refractivity contribution >= 4 is 34.3 Å². The van der Waals surface area contributed by atoms with Crippen molar-refractivity contribution in [1.29, 1.82) is 0 Å². The van der Waals surface area contributed by atoms with E-state index in [1.165, 1.54) is 11.8 Å². The summed E-state index contributed by atoms with van der Waals surface area (Å²) in [7, 11) is -4.60. The maximum Gasteiger partial charge on any atom is 0.421 e. The third kappa shape index (κ3) is 6.77. The molecule has 0 aromatic carbocycles. The van der Waals surface area contributed by atoms with Crippen LogP contribution in [0.2, 0.25) is 0 Å². The third-order valence-electron chi connectivity index (χ3n) is 4.48. The molecule has 0 radical (unpaired) electrons. The van der Waals surface area contributed by atoms with Crippen LogP contribution < -0.4 is 5.32 Å². The van der Waals surface area contributed by atoms with E-state index in [1.54, 1.807) is 20.8 Å². The van der Waals surface area contributed by atoms with Crippen molar-refractivity contribution in [1.82, 2.24) is 15.3 Å². The van der Waals surface area contributed by atoms with Gasteiger partial charge in [0.05, 0.1) is 11.5 Å². The summed E-state index contributed by atoms with van der Waals surface area (Å²) in [5.41, 5.74) is -0.746. The first-order chi connectivity index (χ1) is 14.3. The van der Waals surface area contributed by atoms with Crippen LogP contribution in [0.1, 0.15) is 40.5 Å². The van der Waals surface area contributed by atoms with Crippen molar-refractivity contribution in [3.63, 3.8) is 0 Å². The van der Waals surface area contributed by atoms with Gasteiger partial charge in [-0.05, 0) is 33.6 Å². The Kier molecular flexibility index (Phi) is 7.83. The van der Waals surface area contributed by atoms with Crippen LogP contribution in [0.3, 0.4) is 0 Å². The van der Waals surface area contributed by atoms with Crippen molar-refractivity contribution in [3.05, 3.63) is 0 Å². The predicted molar refractivity (Wildman–Crippen MR) is 102 cm³/mol. The fourth-order valence-electron chi connectivity index (χ4n) is 2.94. The summed E-state index contributed by atoms with van der Waals surface area (Å²) >= 11 is 0. The number of piperidine rings is 1. The lowest BCUT2D eigenvalue weighted by atomic mass is 9.97. The van der Waals surface area contributed by atoms with E-state index in [1.807, 2.05) is 0 Å². The lowest BCUT2D eigenvalue weighted by Gasteiger charge is -2.29. The van der Waals surface area contributed by atoms with Gasteiger partial charge in [-0.2, -0.15) is 13.5 Å². The Morgan fingerprint density at radius 3 is 2.42 bits per heavy atom. The lowest BCUT2D eigenvalue weighted by Crippen LogP contribution is -2.50. The van der Waals surface area contributed by atoms with Crippen LogP contribution in [0, 0.1) is 5.41 Å². The predicted octanol–water partition coefficient (Wildman–Crippen LogP) is -0.326. The van der Waals surface area contributed by atoms with Crippen LogP contribution in [-0.4, -0.2) is 80.8 Å². The number of nitrogens with one attached hydrogen (secondary N) is 1. The van der Waals surface area contributed by atoms with Gasteiger partial charge in [-0.15, -0.1) is 4.28 Å². The van der Waals surface area contributed by atoms with Crippen molar-refractivity contribution < 1.29 is 45.5 Å². The molecule has 0 aromatic heterocycles. The van der Waals surface area contributed by atoms with E-state index in [-0.39, 0.29) is 26.3 Å². The molecule has 0 aromatic rings. The van der Waals surface area contributed by atoms with Crippen molar-refractivity contribution in [2.45, 2.75) is 52.6 Å². The van der Waals surface area contributed by atoms with Crippen LogP contribution >= 0.6 is 0 Å². The van der Waals surface area contributed by atoms with Gasteiger partial charge in [0, 0.05) is 13.5 Å². The van der Waals surface area contributed by atoms with Gasteiger partial charge in [-0.1, -0.05) is 0 Å². The van der Waals surface area contributed by atoms with Crippen molar-refractivity contribution in [2.24, 2.45) is 5.41 Å². The normalized spacial score (nSPS) is 21.1. The Morgan fingerprint density at radius 1 is 1.13 bits per heavy atom. The Balaban J connectivity index is 1.86. The highest BCUT2D eigenvalue weighted by molar-refractivity contribution is 7.81. The maximum absolute atomic E-state index is 12.6. The molecule has 14 heteroatoms. The van der Waals surface area contributed by atoms with E-state index in [2.05, 4.69) is 14.2 Å². The van der Waals surface area contributed by atoms with Gasteiger partial charge in [0.25, 0.3) is 0 Å². The lowest BCUT2D eigenvalue weighted by molar-refractivity contribution is -0.153. The first-order valence-electron chi connectivity index (χ1n) is 9.59. The number of hydrogen-bond donors (Lipinski definition) is 1. The van der Waals surface area contributed by atoms with Crippen LogP contribution in [-0.2, 0) is 42.7 Å². The van der Waals surface area contributed by atoms with Crippen molar-refractivity contribution in [3.8, 4) is 0 Å². The minimum absolute atomic E-state index is 0.0865. The highest BCUT2D eigenvalue weighted by Gasteiger charge is 2.49. The third-order valence-corrected chi connectivity index (χ3v) is 5.27. The monoisotopic (exact) mass is 465 g/mol. The molecule has 176 valence electrons. The van der Waals surface area contributed by atoms with E-state index in [9.17, 15) is 27.6 Å². The number of carbonyl (C=O) groups excluding carboxylic acids is 4. The number of hydrogen-bond acceptors (Lipinski definition) is 10. The number of urea groups is 1. The molecule has 1 N–H and O–H groups in total. The molecule has 3 amide bonds. The Hall–Kier alpha value is -2.45. The summed E-state index contributed by atoms with van der Waals surface area (Å²) in [6, 6.07) is -2.24. The van der Waals surface area contributed by atoms with Gasteiger partial charge >= 0.3 is 28.4 Å². The summed E-state index contributed by atoms with van der Waals surface area (Å²) in [6.07, 6.45) is 0.582. The molecular weight excluding hydrogens is 438 g/mol. The largest absolute Gasteiger partial charge is 0.463 e. The highest BCUT2D eigenvalue weighted by Crippen LogP contribution is 2.31. The molecule has 2 heterocycles. The number of carbonyl (C=O) groups is 4. The molecule has 13 nitrogen and oxygen atoms in total. The van der Waals surface area contributed by atoms with Crippen LogP contribution in [0.25, 0.3) is 0 Å². The average molecular weight is 465 g/mol. The highest BCUT2D eigenvalue weighted by atomic mass is 32.3. The molecule has 2 fully saturated rings. The number of amides is 3. The number of nitrogens with zero attached hydrogens (tertiary/aromatic N) is 2. The maximum atomic E-state index is 12.6. The molecule has 2 aliphatic heterocycles. The fraction of sp³-hybridized carbons (Fsp3) is 0.765. The summed E-state index contributed by atoms with van der Waals surface area (Å²) < 4.78 is 43.1. The number of ether oxygens (including phenoxy) is 2. The number of fused-ring (bicyclic) bond motifs is 2. The molecule has 2 saturated heterocycles. The summed E-state index contributed by atoms with van der Waals surface area (Å²) in [6.45, 7) is 5.08. The first kappa shape index (κ1) is 24.8. The second-order valence-corrected chi connectivity index (χ2v) is 9.22. The van der Waals surface area contributed by atoms with E-state index in [0.29, 0.717) is 11.5 Å². The first-order valence-corrected chi connectivity index (χ1v) is 10.9. The molecule has 2 unspecified atom stereocenters. The minimum atomic E-state index is -4.60. The zero-order chi connectivity index (χ0) is 23.4. The van der Waals surface area contributed by atoms with Gasteiger partial charge < -0.3 is 19.7 Å². The summed E-state index contributed by atoms with van der Waals surface area (Å²) in [5, 5.41) is 3.05. The van der Waals surface area contributed by atoms with Gasteiger partial charge in [0.1, 0.15) is 19.3 Å². The smallest absolute Gasteiger partial charge is 0.421 e. The van der Waals surface area contributed by atoms with E-state index >= 15 is 0 Å². The zero-order valence-corrected chi connectivity index (χ0v) is 18.6. The average Bonchev–Trinajstić information content (AvgIpc) is 2.88. The molecule has 31 heavy (non-hydrogen) atoms. The molecule has 2 bridgehead atoms. The Labute approximate surface area is 180 Å². The van der Waals surface area contributed by atoms with Crippen LogP contribution in [0.5, 0.6) is 0 Å². The van der Waals surface area contributed by atoms with Gasteiger partial charge in [-0.3, -0.25) is 14.4 Å². The van der Waals surface area contributed by atoms with Gasteiger partial charge in [0.15, 0.2) is 6.73 Å². The number of rotatable bonds is 9. The molecular formula is C17H27N3O10S. The zero-order valence-electron chi connectivity index (χ0n) is 17.8. The van der Waals surface area contributed by atoms with Crippen LogP contribution in [0.15, 0.2) is 0 Å². The molecule has 2 aliphatic rings. The molecule has 0 aliphatic carbocycles. The van der Waals surface area contributed by atoms with Gasteiger partial charge in [-0.25, -0.2) is 8.98 Å². The minimum Gasteiger partial charge on any atom is -0.463 e.